The van der Waals surface area contributed by atoms with Gasteiger partial charge in [0.1, 0.15) is 23.8 Å². The van der Waals surface area contributed by atoms with Gasteiger partial charge in [0.05, 0.1) is 18.1 Å². The smallest absolute Gasteiger partial charge is 0.270 e. The molecule has 4 rings (SSSR count). The number of nitrogens with one attached hydrogen (secondary N) is 1. The zero-order valence-electron chi connectivity index (χ0n) is 28.7. The molecule has 259 valence electrons. The van der Waals surface area contributed by atoms with E-state index >= 15 is 0 Å². The van der Waals surface area contributed by atoms with Crippen LogP contribution in [0.2, 0.25) is 0 Å². The van der Waals surface area contributed by atoms with E-state index in [2.05, 4.69) is 22.6 Å². The fourth-order valence-electron chi connectivity index (χ4n) is 5.46. The molecule has 46 heavy (non-hydrogen) atoms. The van der Waals surface area contributed by atoms with Crippen molar-refractivity contribution in [2.24, 2.45) is 23.0 Å². The number of nitrogens with two attached hydrogens (primary N) is 1. The molecule has 1 amide bonds. The molecule has 2 fully saturated rings. The number of methoxy groups -OCH3 is 2. The van der Waals surface area contributed by atoms with Crippen molar-refractivity contribution in [3.8, 4) is 5.75 Å². The Morgan fingerprint density at radius 1 is 1.17 bits per heavy atom. The van der Waals surface area contributed by atoms with E-state index in [0.29, 0.717) is 12.0 Å². The number of fused-ring (bicyclic) bond motifs is 1. The van der Waals surface area contributed by atoms with Crippen molar-refractivity contribution in [2.75, 3.05) is 27.8 Å². The molecule has 12 heteroatoms. The average Bonchev–Trinajstić information content (AvgIpc) is 3.60. The van der Waals surface area contributed by atoms with Crippen LogP contribution < -0.4 is 16.0 Å². The minimum absolute atomic E-state index is 0. The largest absolute Gasteiger partial charge is 0.540 e. The number of aliphatic hydroxyl groups is 1. The maximum atomic E-state index is 12.2. The number of aromatic amines is 1. The predicted octanol–water partition coefficient (Wildman–Crippen LogP) is 3.98. The summed E-state index contributed by atoms with van der Waals surface area (Å²) < 4.78 is 10.3. The number of rotatable bonds is 10. The van der Waals surface area contributed by atoms with Crippen LogP contribution in [0.3, 0.4) is 0 Å². The molecular weight excluding hydrogens is 627 g/mol. The van der Waals surface area contributed by atoms with Crippen molar-refractivity contribution in [1.82, 2.24) is 14.9 Å². The Bertz CT molecular complexity index is 1220. The molecular formula is C34H55N4O7V-. The van der Waals surface area contributed by atoms with Crippen LogP contribution in [0.15, 0.2) is 23.0 Å². The quantitative estimate of drug-likeness (QED) is 0.191. The number of aldehydes is 1. The van der Waals surface area contributed by atoms with Crippen LogP contribution in [0.1, 0.15) is 84.8 Å². The maximum Gasteiger partial charge on any atom is 0.270 e. The molecule has 1 saturated heterocycles. The first-order chi connectivity index (χ1) is 21.4. The minimum Gasteiger partial charge on any atom is -0.540 e. The molecule has 0 bridgehead atoms. The monoisotopic (exact) mass is 682 g/mol. The molecule has 5 atom stereocenters. The number of H-pyrrole nitrogens is 1. The number of likely N-dealkylation sites (N-methyl/N-ethyl adjacent to an activating group) is 1. The van der Waals surface area contributed by atoms with Gasteiger partial charge in [0.2, 0.25) is 6.41 Å². The summed E-state index contributed by atoms with van der Waals surface area (Å²) in [5.41, 5.74) is 6.01. The number of amides is 1. The van der Waals surface area contributed by atoms with Gasteiger partial charge in [0, 0.05) is 37.8 Å². The van der Waals surface area contributed by atoms with Crippen LogP contribution in [0.25, 0.3) is 11.0 Å². The summed E-state index contributed by atoms with van der Waals surface area (Å²) in [5.74, 6) is 2.57. The SMILES string of the molecule is CC(C)(C)[C@H](O)C=O.COC1CCN(C)C1[C-]=O.COc1ccc2nc(CCCCCC3CCCC3C)c(=O)[nH]c2c1.NC=O.[V]. The van der Waals surface area contributed by atoms with E-state index in [-0.39, 0.29) is 48.1 Å². The van der Waals surface area contributed by atoms with E-state index in [1.165, 1.54) is 38.5 Å². The Balaban J connectivity index is 0.000000761. The average molecular weight is 683 g/mol. The molecule has 1 aromatic carbocycles. The van der Waals surface area contributed by atoms with Crippen molar-refractivity contribution in [3.05, 3.63) is 34.2 Å². The van der Waals surface area contributed by atoms with E-state index in [9.17, 15) is 14.4 Å². The van der Waals surface area contributed by atoms with Gasteiger partial charge in [0.15, 0.2) is 0 Å². The van der Waals surface area contributed by atoms with Crippen LogP contribution in [-0.2, 0) is 44.1 Å². The van der Waals surface area contributed by atoms with Crippen molar-refractivity contribution in [1.29, 1.82) is 0 Å². The third kappa shape index (κ3) is 14.9. The summed E-state index contributed by atoms with van der Waals surface area (Å²) in [5, 5.41) is 8.83. The number of primary amides is 1. The third-order valence-corrected chi connectivity index (χ3v) is 8.53. The molecule has 1 aliphatic heterocycles. The van der Waals surface area contributed by atoms with Gasteiger partial charge in [-0.2, -0.15) is 0 Å². The first-order valence-corrected chi connectivity index (χ1v) is 15.8. The number of benzene rings is 1. The Labute approximate surface area is 286 Å². The van der Waals surface area contributed by atoms with Gasteiger partial charge in [-0.25, -0.2) is 11.3 Å². The normalized spacial score (nSPS) is 21.2. The number of unbranched alkanes of at least 4 members (excludes halogenated alkanes) is 2. The molecule has 1 aliphatic carbocycles. The number of aryl methyl sites for hydroxylation is 1. The van der Waals surface area contributed by atoms with Gasteiger partial charge < -0.3 is 39.8 Å². The maximum absolute atomic E-state index is 12.2. The Morgan fingerprint density at radius 3 is 2.33 bits per heavy atom. The minimum atomic E-state index is -0.831. The van der Waals surface area contributed by atoms with Crippen molar-refractivity contribution in [2.45, 2.75) is 104 Å². The van der Waals surface area contributed by atoms with E-state index in [1.807, 2.05) is 57.2 Å². The number of hydrogen-bond acceptors (Lipinski definition) is 9. The summed E-state index contributed by atoms with van der Waals surface area (Å²) in [4.78, 5) is 50.4. The molecule has 1 saturated carbocycles. The number of likely N-dealkylation sites (tertiary alicyclic amines) is 1. The molecule has 1 radical (unpaired) electrons. The molecule has 2 aromatic rings. The zero-order valence-corrected chi connectivity index (χ0v) is 30.1. The Kier molecular flexibility index (Phi) is 21.6. The molecule has 2 aliphatic rings. The fourth-order valence-corrected chi connectivity index (χ4v) is 5.46. The topological polar surface area (TPSA) is 165 Å². The van der Waals surface area contributed by atoms with Crippen LogP contribution >= 0.6 is 0 Å². The van der Waals surface area contributed by atoms with Gasteiger partial charge in [-0.15, -0.1) is 0 Å². The van der Waals surface area contributed by atoms with Crippen LogP contribution in [0.4, 0.5) is 0 Å². The van der Waals surface area contributed by atoms with E-state index < -0.39 is 6.10 Å². The van der Waals surface area contributed by atoms with Gasteiger partial charge in [-0.05, 0) is 62.2 Å². The summed E-state index contributed by atoms with van der Waals surface area (Å²) in [6.07, 6.45) is 12.8. The Hall–Kier alpha value is -2.57. The second-order valence-corrected chi connectivity index (χ2v) is 12.9. The summed E-state index contributed by atoms with van der Waals surface area (Å²) in [7, 11) is 5.16. The van der Waals surface area contributed by atoms with Gasteiger partial charge in [-0.1, -0.05) is 72.3 Å². The number of carbonyl (C=O) groups excluding carboxylic acids is 3. The summed E-state index contributed by atoms with van der Waals surface area (Å²) in [6.45, 7) is 8.76. The molecule has 11 nitrogen and oxygen atoms in total. The van der Waals surface area contributed by atoms with Gasteiger partial charge >= 0.3 is 0 Å². The van der Waals surface area contributed by atoms with Gasteiger partial charge in [0.25, 0.3) is 5.56 Å². The van der Waals surface area contributed by atoms with E-state index in [0.717, 1.165) is 54.4 Å². The number of carbonyl (C=O) groups is 2. The number of aromatic nitrogens is 2. The third-order valence-electron chi connectivity index (χ3n) is 8.53. The number of hydrogen-bond donors (Lipinski definition) is 3. The van der Waals surface area contributed by atoms with Crippen molar-refractivity contribution >= 4 is 30.0 Å². The van der Waals surface area contributed by atoms with Crippen LogP contribution in [0.5, 0.6) is 5.75 Å². The van der Waals surface area contributed by atoms with E-state index in [4.69, 9.17) is 19.4 Å². The molecule has 2 heterocycles. The summed E-state index contributed by atoms with van der Waals surface area (Å²) >= 11 is 0. The van der Waals surface area contributed by atoms with Crippen molar-refractivity contribution in [3.63, 3.8) is 0 Å². The molecule has 1 aromatic heterocycles. The standard InChI is InChI=1S/C20H28N2O2.C7H12NO2.C6H12O2.CH3NO.V/c1-14-7-6-9-15(14)8-4-3-5-10-18-20(23)22-19-13-16(24-2)11-12-17(19)21-18;1-8-4-3-7(10-2)6(8)5-9;1-6(2,3)5(8)4-7;2-1-3;/h11-15H,3-10H2,1-2H3,(H,22,23);6-7H,3-4H2,1-2H3;4-5,8H,1-3H3;1H,(H2,2,3);/q;-1;;;/t;;5-;;/m..1../s1. The number of ether oxygens (including phenoxy) is 2. The second-order valence-electron chi connectivity index (χ2n) is 12.9. The van der Waals surface area contributed by atoms with Crippen LogP contribution in [0, 0.1) is 17.3 Å². The molecule has 0 spiro atoms. The number of aliphatic hydroxyl groups excluding tert-OH is 1. The summed E-state index contributed by atoms with van der Waals surface area (Å²) in [6, 6.07) is 5.44. The van der Waals surface area contributed by atoms with Crippen molar-refractivity contribution < 1.29 is 47.5 Å². The Morgan fingerprint density at radius 2 is 1.85 bits per heavy atom. The first-order valence-electron chi connectivity index (χ1n) is 15.8. The zero-order chi connectivity index (χ0) is 34.0. The van der Waals surface area contributed by atoms with Gasteiger partial charge in [-0.3, -0.25) is 9.59 Å². The molecule has 4 unspecified atom stereocenters. The molecule has 4 N–H and O–H groups in total. The van der Waals surface area contributed by atoms with Crippen LogP contribution in [-0.4, -0.2) is 85.0 Å². The first kappa shape index (κ1) is 43.4. The number of nitrogens with zero attached hydrogens (tertiary/aromatic N) is 2. The predicted molar refractivity (Wildman–Crippen MR) is 177 cm³/mol. The van der Waals surface area contributed by atoms with E-state index in [1.54, 1.807) is 14.2 Å². The second kappa shape index (κ2) is 22.9. The fraction of sp³-hybridized carbons (Fsp3) is 0.676.